The predicted molar refractivity (Wildman–Crippen MR) is 75.8 cm³/mol. The van der Waals surface area contributed by atoms with Gasteiger partial charge in [-0.2, -0.15) is 0 Å². The molecule has 1 aliphatic carbocycles. The zero-order valence-corrected chi connectivity index (χ0v) is 13.3. The Balaban J connectivity index is 2.17. The number of epoxide rings is 1. The molecule has 0 amide bonds. The molecule has 0 spiro atoms. The van der Waals surface area contributed by atoms with Crippen LogP contribution in [0.5, 0.6) is 0 Å². The van der Waals surface area contributed by atoms with Crippen molar-refractivity contribution in [2.45, 2.75) is 51.4 Å². The van der Waals surface area contributed by atoms with E-state index < -0.39 is 8.80 Å². The minimum Gasteiger partial charge on any atom is -0.372 e. The lowest BCUT2D eigenvalue weighted by atomic mass is 9.89. The van der Waals surface area contributed by atoms with E-state index in [-0.39, 0.29) is 11.3 Å². The molecule has 3 atom stereocenters. The van der Waals surface area contributed by atoms with E-state index in [1.54, 1.807) is 0 Å². The Morgan fingerprint density at radius 2 is 1.79 bits per heavy atom. The fourth-order valence-electron chi connectivity index (χ4n) is 3.17. The van der Waals surface area contributed by atoms with Crippen molar-refractivity contribution >= 4 is 8.80 Å². The largest absolute Gasteiger partial charge is 0.537 e. The molecule has 0 bridgehead atoms. The van der Waals surface area contributed by atoms with E-state index >= 15 is 0 Å². The van der Waals surface area contributed by atoms with Crippen LogP contribution in [-0.2, 0) is 18.0 Å². The second kappa shape index (κ2) is 6.05. The lowest BCUT2D eigenvalue weighted by Crippen LogP contribution is -2.61. The lowest BCUT2D eigenvalue weighted by molar-refractivity contribution is 0.0395. The van der Waals surface area contributed by atoms with Gasteiger partial charge in [0.05, 0.1) is 6.10 Å². The van der Waals surface area contributed by atoms with Gasteiger partial charge in [0.2, 0.25) is 0 Å². The summed E-state index contributed by atoms with van der Waals surface area (Å²) in [5, 5.41) is -0.283. The summed E-state index contributed by atoms with van der Waals surface area (Å²) in [7, 11) is -2.74. The third-order valence-electron chi connectivity index (χ3n) is 4.07. The van der Waals surface area contributed by atoms with Gasteiger partial charge in [-0.3, -0.25) is 0 Å². The fourth-order valence-corrected chi connectivity index (χ4v) is 6.54. The van der Waals surface area contributed by atoms with E-state index in [0.29, 0.717) is 25.7 Å². The monoisotopic (exact) mass is 286 g/mol. The molecule has 0 aromatic heterocycles. The standard InChI is InChI=1S/C14H26O4Si/c1-5-12-9-10-14(13(11-12)18-14)19(15-6-2,16-7-3)17-8-4/h5,12-13H,1,6-11H2,2-4H3. The Labute approximate surface area is 117 Å². The number of fused-ring (bicyclic) bond motifs is 1. The van der Waals surface area contributed by atoms with Gasteiger partial charge in [-0.1, -0.05) is 6.08 Å². The highest BCUT2D eigenvalue weighted by molar-refractivity contribution is 6.65. The molecule has 0 aromatic rings. The van der Waals surface area contributed by atoms with Crippen molar-refractivity contribution in [2.75, 3.05) is 19.8 Å². The SMILES string of the molecule is C=CC1CCC2([Si](OCC)(OCC)OCC)OC2C1. The third kappa shape index (κ3) is 2.54. The van der Waals surface area contributed by atoms with Gasteiger partial charge in [-0.05, 0) is 46.0 Å². The number of rotatable bonds is 8. The van der Waals surface area contributed by atoms with Gasteiger partial charge in [0, 0.05) is 19.8 Å². The summed E-state index contributed by atoms with van der Waals surface area (Å²) in [4.78, 5) is 0. The molecule has 110 valence electrons. The minimum atomic E-state index is -2.74. The van der Waals surface area contributed by atoms with E-state index in [9.17, 15) is 0 Å². The Kier molecular flexibility index (Phi) is 4.84. The molecule has 1 saturated carbocycles. The molecule has 1 heterocycles. The lowest BCUT2D eigenvalue weighted by Gasteiger charge is -2.36. The molecule has 2 fully saturated rings. The zero-order chi connectivity index (χ0) is 13.9. The van der Waals surface area contributed by atoms with Crippen LogP contribution in [0.3, 0.4) is 0 Å². The van der Waals surface area contributed by atoms with E-state index in [4.69, 9.17) is 18.0 Å². The van der Waals surface area contributed by atoms with Gasteiger partial charge in [0.25, 0.3) is 0 Å². The number of hydrogen-bond acceptors (Lipinski definition) is 4. The fraction of sp³-hybridized carbons (Fsp3) is 0.857. The predicted octanol–water partition coefficient (Wildman–Crippen LogP) is 2.70. The molecule has 1 aliphatic heterocycles. The summed E-state index contributed by atoms with van der Waals surface area (Å²) in [5.74, 6) is 0.553. The summed E-state index contributed by atoms with van der Waals surface area (Å²) in [6.45, 7) is 11.7. The highest BCUT2D eigenvalue weighted by atomic mass is 28.4. The molecule has 2 rings (SSSR count). The second-order valence-electron chi connectivity index (χ2n) is 5.12. The van der Waals surface area contributed by atoms with E-state index in [0.717, 1.165) is 19.3 Å². The highest BCUT2D eigenvalue weighted by Crippen LogP contribution is 2.55. The molecule has 5 heteroatoms. The average molecular weight is 286 g/mol. The van der Waals surface area contributed by atoms with Crippen molar-refractivity contribution in [1.29, 1.82) is 0 Å². The molecule has 0 radical (unpaired) electrons. The first-order valence-electron chi connectivity index (χ1n) is 7.40. The molecule has 0 aromatic carbocycles. The Hall–Kier alpha value is -0.203. The Morgan fingerprint density at radius 1 is 1.21 bits per heavy atom. The van der Waals surface area contributed by atoms with Crippen molar-refractivity contribution in [3.63, 3.8) is 0 Å². The molecule has 0 N–H and O–H groups in total. The summed E-state index contributed by atoms with van der Waals surface area (Å²) in [6.07, 6.45) is 5.32. The average Bonchev–Trinajstić information content (AvgIpc) is 3.14. The maximum Gasteiger partial charge on any atom is 0.537 e. The topological polar surface area (TPSA) is 40.2 Å². The van der Waals surface area contributed by atoms with Crippen LogP contribution in [0.1, 0.15) is 40.0 Å². The molecule has 4 nitrogen and oxygen atoms in total. The number of ether oxygens (including phenoxy) is 1. The van der Waals surface area contributed by atoms with Crippen molar-refractivity contribution in [2.24, 2.45) is 5.92 Å². The Bertz CT molecular complexity index is 306. The molecular weight excluding hydrogens is 260 g/mol. The maximum absolute atomic E-state index is 6.06. The Morgan fingerprint density at radius 3 is 2.21 bits per heavy atom. The molecule has 3 unspecified atom stereocenters. The quantitative estimate of drug-likeness (QED) is 0.391. The molecule has 1 saturated heterocycles. The van der Waals surface area contributed by atoms with E-state index in [1.165, 1.54) is 0 Å². The first-order valence-corrected chi connectivity index (χ1v) is 9.12. The van der Waals surface area contributed by atoms with Gasteiger partial charge >= 0.3 is 8.80 Å². The molecular formula is C14H26O4Si. The van der Waals surface area contributed by atoms with Crippen LogP contribution in [-0.4, -0.2) is 40.0 Å². The van der Waals surface area contributed by atoms with Crippen molar-refractivity contribution in [3.05, 3.63) is 12.7 Å². The zero-order valence-electron chi connectivity index (χ0n) is 12.3. The van der Waals surface area contributed by atoms with Crippen LogP contribution in [0.25, 0.3) is 0 Å². The normalized spacial score (nSPS) is 33.8. The van der Waals surface area contributed by atoms with Gasteiger partial charge < -0.3 is 18.0 Å². The van der Waals surface area contributed by atoms with Crippen molar-refractivity contribution in [3.8, 4) is 0 Å². The first-order chi connectivity index (χ1) is 9.18. The summed E-state index contributed by atoms with van der Waals surface area (Å²) < 4.78 is 24.1. The van der Waals surface area contributed by atoms with Crippen LogP contribution in [0, 0.1) is 5.92 Å². The van der Waals surface area contributed by atoms with Crippen molar-refractivity contribution in [1.82, 2.24) is 0 Å². The second-order valence-corrected chi connectivity index (χ2v) is 7.95. The number of allylic oxidation sites excluding steroid dienone is 1. The minimum absolute atomic E-state index is 0.223. The van der Waals surface area contributed by atoms with Crippen LogP contribution >= 0.6 is 0 Å². The van der Waals surface area contributed by atoms with Gasteiger partial charge in [-0.25, -0.2) is 0 Å². The summed E-state index contributed by atoms with van der Waals surface area (Å²) in [5.41, 5.74) is 0. The summed E-state index contributed by atoms with van der Waals surface area (Å²) in [6, 6.07) is 0. The maximum atomic E-state index is 6.06. The highest BCUT2D eigenvalue weighted by Gasteiger charge is 2.77. The third-order valence-corrected chi connectivity index (χ3v) is 7.81. The van der Waals surface area contributed by atoms with Crippen molar-refractivity contribution < 1.29 is 18.0 Å². The van der Waals surface area contributed by atoms with Crippen LogP contribution < -0.4 is 0 Å². The first kappa shape index (κ1) is 15.2. The van der Waals surface area contributed by atoms with Gasteiger partial charge in [-0.15, -0.1) is 6.58 Å². The van der Waals surface area contributed by atoms with Gasteiger partial charge in [0.1, 0.15) is 0 Å². The van der Waals surface area contributed by atoms with Crippen LogP contribution in [0.2, 0.25) is 0 Å². The molecule has 2 aliphatic rings. The van der Waals surface area contributed by atoms with Crippen LogP contribution in [0.4, 0.5) is 0 Å². The van der Waals surface area contributed by atoms with E-state index in [1.807, 2.05) is 26.8 Å². The van der Waals surface area contributed by atoms with Crippen LogP contribution in [0.15, 0.2) is 12.7 Å². The molecule has 19 heavy (non-hydrogen) atoms. The number of hydrogen-bond donors (Lipinski definition) is 0. The van der Waals surface area contributed by atoms with Gasteiger partial charge in [0.15, 0.2) is 5.22 Å². The summed E-state index contributed by atoms with van der Waals surface area (Å²) >= 11 is 0. The smallest absolute Gasteiger partial charge is 0.372 e. The van der Waals surface area contributed by atoms with E-state index in [2.05, 4.69) is 6.58 Å².